The van der Waals surface area contributed by atoms with E-state index in [1.165, 1.54) is 20.0 Å². The van der Waals surface area contributed by atoms with Crippen molar-refractivity contribution in [1.82, 2.24) is 15.2 Å². The van der Waals surface area contributed by atoms with Gasteiger partial charge in [-0.15, -0.1) is 0 Å². The van der Waals surface area contributed by atoms with Gasteiger partial charge in [-0.05, 0) is 50.7 Å². The van der Waals surface area contributed by atoms with Crippen LogP contribution in [-0.2, 0) is 4.79 Å². The van der Waals surface area contributed by atoms with Crippen molar-refractivity contribution < 1.29 is 19.4 Å². The summed E-state index contributed by atoms with van der Waals surface area (Å²) in [6.45, 7) is 2.76. The zero-order valence-electron chi connectivity index (χ0n) is 15.2. The molecule has 26 heavy (non-hydrogen) atoms. The molecular formula is C18H26N4O4. The molecule has 142 valence electrons. The van der Waals surface area contributed by atoms with Crippen LogP contribution in [0, 0.1) is 12.8 Å². The second-order valence-corrected chi connectivity index (χ2v) is 7.19. The predicted octanol–water partition coefficient (Wildman–Crippen LogP) is 1.85. The Labute approximate surface area is 152 Å². The first-order chi connectivity index (χ1) is 12.4. The van der Waals surface area contributed by atoms with Crippen LogP contribution >= 0.6 is 0 Å². The lowest BCUT2D eigenvalue weighted by Gasteiger charge is -2.42. The fourth-order valence-electron chi connectivity index (χ4n) is 3.28. The highest BCUT2D eigenvalue weighted by molar-refractivity contribution is 5.90. The number of amides is 2. The van der Waals surface area contributed by atoms with E-state index in [1.54, 1.807) is 6.07 Å². The van der Waals surface area contributed by atoms with Crippen LogP contribution in [0.3, 0.4) is 0 Å². The van der Waals surface area contributed by atoms with E-state index in [0.29, 0.717) is 17.5 Å². The number of carbonyl (C=O) groups is 2. The number of carboxylic acids is 1. The zero-order chi connectivity index (χ0) is 18.7. The van der Waals surface area contributed by atoms with E-state index in [2.05, 4.69) is 15.6 Å². The van der Waals surface area contributed by atoms with Gasteiger partial charge in [0.2, 0.25) is 0 Å². The number of aliphatic carboxylic acids is 1. The molecule has 0 aliphatic heterocycles. The standard InChI is InChI=1S/C18H26N4O4/c1-11-3-6-15(26-2)17(19-11)21-18(25)20-13-7-14(8-13)22(10-16(23)24)9-12-4-5-12/h3,6,12-14H,4-5,7-10H2,1-2H3,(H,23,24)(H2,19,20,21,25). The van der Waals surface area contributed by atoms with Crippen molar-refractivity contribution in [2.24, 2.45) is 5.92 Å². The smallest absolute Gasteiger partial charge is 0.320 e. The lowest BCUT2D eigenvalue weighted by molar-refractivity contribution is -0.139. The van der Waals surface area contributed by atoms with Gasteiger partial charge in [0.15, 0.2) is 11.6 Å². The van der Waals surface area contributed by atoms with Crippen molar-refractivity contribution >= 4 is 17.8 Å². The van der Waals surface area contributed by atoms with Gasteiger partial charge in [-0.25, -0.2) is 9.78 Å². The van der Waals surface area contributed by atoms with Crippen LogP contribution < -0.4 is 15.4 Å². The first-order valence-corrected chi connectivity index (χ1v) is 8.99. The molecule has 1 aromatic heterocycles. The van der Waals surface area contributed by atoms with Gasteiger partial charge >= 0.3 is 12.0 Å². The molecule has 2 aliphatic rings. The molecular weight excluding hydrogens is 336 g/mol. The normalized spacial score (nSPS) is 21.8. The summed E-state index contributed by atoms with van der Waals surface area (Å²) in [4.78, 5) is 29.6. The first-order valence-electron chi connectivity index (χ1n) is 8.99. The molecule has 8 heteroatoms. The lowest BCUT2D eigenvalue weighted by Crippen LogP contribution is -2.55. The van der Waals surface area contributed by atoms with Gasteiger partial charge in [-0.3, -0.25) is 15.0 Å². The van der Waals surface area contributed by atoms with Crippen LogP contribution in [0.4, 0.5) is 10.6 Å². The molecule has 2 amide bonds. The molecule has 0 radical (unpaired) electrons. The Morgan fingerprint density at radius 3 is 2.69 bits per heavy atom. The molecule has 2 aliphatic carbocycles. The summed E-state index contributed by atoms with van der Waals surface area (Å²) in [5.74, 6) is 0.748. The van der Waals surface area contributed by atoms with Crippen molar-refractivity contribution in [3.63, 3.8) is 0 Å². The number of nitrogens with one attached hydrogen (secondary N) is 2. The Hall–Kier alpha value is -2.35. The van der Waals surface area contributed by atoms with Crippen LogP contribution in [0.15, 0.2) is 12.1 Å². The number of aromatic nitrogens is 1. The fraction of sp³-hybridized carbons (Fsp3) is 0.611. The lowest BCUT2D eigenvalue weighted by atomic mass is 9.85. The minimum absolute atomic E-state index is 0.0475. The average molecular weight is 362 g/mol. The second kappa shape index (κ2) is 7.90. The third kappa shape index (κ3) is 4.85. The summed E-state index contributed by atoms with van der Waals surface area (Å²) < 4.78 is 5.21. The molecule has 0 atom stereocenters. The summed E-state index contributed by atoms with van der Waals surface area (Å²) in [6, 6.07) is 3.53. The summed E-state index contributed by atoms with van der Waals surface area (Å²) in [6.07, 6.45) is 3.92. The number of aryl methyl sites for hydroxylation is 1. The van der Waals surface area contributed by atoms with Gasteiger partial charge in [0.25, 0.3) is 0 Å². The Kier molecular flexibility index (Phi) is 5.61. The van der Waals surface area contributed by atoms with E-state index < -0.39 is 5.97 Å². The second-order valence-electron chi connectivity index (χ2n) is 7.19. The minimum atomic E-state index is -0.794. The topological polar surface area (TPSA) is 104 Å². The van der Waals surface area contributed by atoms with Gasteiger partial charge in [-0.2, -0.15) is 0 Å². The largest absolute Gasteiger partial charge is 0.493 e. The van der Waals surface area contributed by atoms with E-state index in [0.717, 1.165) is 25.1 Å². The SMILES string of the molecule is COc1ccc(C)nc1NC(=O)NC1CC(N(CC(=O)O)CC2CC2)C1. The molecule has 1 heterocycles. The highest BCUT2D eigenvalue weighted by Gasteiger charge is 2.37. The summed E-state index contributed by atoms with van der Waals surface area (Å²) in [7, 11) is 1.53. The maximum Gasteiger partial charge on any atom is 0.320 e. The number of nitrogens with zero attached hydrogens (tertiary/aromatic N) is 2. The average Bonchev–Trinajstić information content (AvgIpc) is 3.33. The Bertz CT molecular complexity index is 671. The number of methoxy groups -OCH3 is 1. The quantitative estimate of drug-likeness (QED) is 0.652. The number of hydrogen-bond donors (Lipinski definition) is 3. The monoisotopic (exact) mass is 362 g/mol. The number of ether oxygens (including phenoxy) is 1. The van der Waals surface area contributed by atoms with E-state index in [4.69, 9.17) is 9.84 Å². The van der Waals surface area contributed by atoms with Crippen molar-refractivity contribution in [2.45, 2.75) is 44.7 Å². The van der Waals surface area contributed by atoms with Crippen molar-refractivity contribution in [2.75, 3.05) is 25.5 Å². The van der Waals surface area contributed by atoms with Gasteiger partial charge < -0.3 is 15.2 Å². The Morgan fingerprint density at radius 2 is 2.08 bits per heavy atom. The molecule has 8 nitrogen and oxygen atoms in total. The Morgan fingerprint density at radius 1 is 1.35 bits per heavy atom. The van der Waals surface area contributed by atoms with E-state index in [1.807, 2.05) is 17.9 Å². The van der Waals surface area contributed by atoms with Crippen LogP contribution in [0.25, 0.3) is 0 Å². The number of urea groups is 1. The van der Waals surface area contributed by atoms with Gasteiger partial charge in [0, 0.05) is 24.3 Å². The maximum absolute atomic E-state index is 12.2. The third-order valence-corrected chi connectivity index (χ3v) is 4.94. The van der Waals surface area contributed by atoms with Crippen molar-refractivity contribution in [3.05, 3.63) is 17.8 Å². The third-order valence-electron chi connectivity index (χ3n) is 4.94. The van der Waals surface area contributed by atoms with Crippen LogP contribution in [0.5, 0.6) is 5.75 Å². The molecule has 2 fully saturated rings. The molecule has 0 bridgehead atoms. The number of anilines is 1. The number of carboxylic acid groups (broad SMARTS) is 1. The highest BCUT2D eigenvalue weighted by atomic mass is 16.5. The summed E-state index contributed by atoms with van der Waals surface area (Å²) in [5.41, 5.74) is 0.786. The molecule has 0 spiro atoms. The van der Waals surface area contributed by atoms with Crippen LogP contribution in [0.2, 0.25) is 0 Å². The maximum atomic E-state index is 12.2. The molecule has 1 aromatic rings. The molecule has 3 rings (SSSR count). The van der Waals surface area contributed by atoms with E-state index in [-0.39, 0.29) is 24.7 Å². The van der Waals surface area contributed by atoms with Crippen LogP contribution in [-0.4, -0.2) is 59.3 Å². The first kappa shape index (κ1) is 18.4. The van der Waals surface area contributed by atoms with Crippen molar-refractivity contribution in [3.8, 4) is 5.75 Å². The summed E-state index contributed by atoms with van der Waals surface area (Å²) in [5, 5.41) is 14.7. The zero-order valence-corrected chi connectivity index (χ0v) is 15.2. The molecule has 0 saturated heterocycles. The Balaban J connectivity index is 1.48. The molecule has 2 saturated carbocycles. The van der Waals surface area contributed by atoms with E-state index in [9.17, 15) is 9.59 Å². The number of carbonyl (C=O) groups excluding carboxylic acids is 1. The van der Waals surface area contributed by atoms with Gasteiger partial charge in [0.05, 0.1) is 13.7 Å². The number of pyridine rings is 1. The number of rotatable bonds is 8. The minimum Gasteiger partial charge on any atom is -0.493 e. The van der Waals surface area contributed by atoms with Gasteiger partial charge in [-0.1, -0.05) is 0 Å². The molecule has 3 N–H and O–H groups in total. The predicted molar refractivity (Wildman–Crippen MR) is 96.4 cm³/mol. The summed E-state index contributed by atoms with van der Waals surface area (Å²) >= 11 is 0. The fourth-order valence-corrected chi connectivity index (χ4v) is 3.28. The van der Waals surface area contributed by atoms with E-state index >= 15 is 0 Å². The highest BCUT2D eigenvalue weighted by Crippen LogP contribution is 2.33. The number of hydrogen-bond acceptors (Lipinski definition) is 5. The van der Waals surface area contributed by atoms with Crippen molar-refractivity contribution in [1.29, 1.82) is 0 Å². The molecule has 0 aromatic carbocycles. The molecule has 0 unspecified atom stereocenters. The van der Waals surface area contributed by atoms with Crippen LogP contribution in [0.1, 0.15) is 31.4 Å². The van der Waals surface area contributed by atoms with Gasteiger partial charge in [0.1, 0.15) is 0 Å².